The molecule has 0 aliphatic rings. The Kier molecular flexibility index (Phi) is 6.63. The Morgan fingerprint density at radius 2 is 1.57 bits per heavy atom. The van der Waals surface area contributed by atoms with E-state index in [1.165, 1.54) is 36.3 Å². The minimum absolute atomic E-state index is 0.199. The van der Waals surface area contributed by atoms with Crippen molar-refractivity contribution in [2.45, 2.75) is 0 Å². The van der Waals surface area contributed by atoms with Crippen molar-refractivity contribution in [2.75, 3.05) is 43.6 Å². The summed E-state index contributed by atoms with van der Waals surface area (Å²) in [4.78, 5) is 25.7. The zero-order valence-corrected chi connectivity index (χ0v) is 17.0. The first-order chi connectivity index (χ1) is 13.1. The van der Waals surface area contributed by atoms with Crippen molar-refractivity contribution in [1.29, 1.82) is 0 Å². The second-order valence-electron chi connectivity index (χ2n) is 6.29. The van der Waals surface area contributed by atoms with Crippen LogP contribution in [-0.4, -0.2) is 59.1 Å². The number of nitrogens with one attached hydrogen (secondary N) is 1. The SMILES string of the molecule is COc1ccc(NC(=O)CN(c2ccc(C(=O)N(C)C)cc2)S(C)(=O)=O)cc1. The molecule has 1 N–H and O–H groups in total. The lowest BCUT2D eigenvalue weighted by Gasteiger charge is -2.22. The maximum absolute atomic E-state index is 12.4. The van der Waals surface area contributed by atoms with E-state index >= 15 is 0 Å². The Hall–Kier alpha value is -3.07. The number of benzene rings is 2. The molecule has 2 rings (SSSR count). The molecule has 0 atom stereocenters. The highest BCUT2D eigenvalue weighted by atomic mass is 32.2. The largest absolute Gasteiger partial charge is 0.497 e. The highest BCUT2D eigenvalue weighted by Gasteiger charge is 2.21. The normalized spacial score (nSPS) is 10.9. The third-order valence-electron chi connectivity index (χ3n) is 3.87. The van der Waals surface area contributed by atoms with Crippen molar-refractivity contribution in [3.8, 4) is 5.75 Å². The Labute approximate surface area is 164 Å². The van der Waals surface area contributed by atoms with E-state index in [1.807, 2.05) is 0 Å². The van der Waals surface area contributed by atoms with Gasteiger partial charge in [-0.15, -0.1) is 0 Å². The Bertz CT molecular complexity index is 939. The van der Waals surface area contributed by atoms with Gasteiger partial charge in [0.1, 0.15) is 12.3 Å². The van der Waals surface area contributed by atoms with Crippen LogP contribution in [0, 0.1) is 0 Å². The smallest absolute Gasteiger partial charge is 0.253 e. The Morgan fingerprint density at radius 3 is 2.04 bits per heavy atom. The van der Waals surface area contributed by atoms with Crippen LogP contribution in [0.15, 0.2) is 48.5 Å². The number of hydrogen-bond acceptors (Lipinski definition) is 5. The lowest BCUT2D eigenvalue weighted by atomic mass is 10.2. The summed E-state index contributed by atoms with van der Waals surface area (Å²) < 4.78 is 30.4. The van der Waals surface area contributed by atoms with Crippen LogP contribution in [0.1, 0.15) is 10.4 Å². The highest BCUT2D eigenvalue weighted by molar-refractivity contribution is 7.92. The zero-order valence-electron chi connectivity index (χ0n) is 16.2. The highest BCUT2D eigenvalue weighted by Crippen LogP contribution is 2.20. The van der Waals surface area contributed by atoms with Gasteiger partial charge in [-0.05, 0) is 48.5 Å². The van der Waals surface area contributed by atoms with E-state index < -0.39 is 22.5 Å². The van der Waals surface area contributed by atoms with Gasteiger partial charge in [0.25, 0.3) is 5.91 Å². The molecule has 2 aromatic rings. The van der Waals surface area contributed by atoms with E-state index in [0.717, 1.165) is 10.6 Å². The molecular formula is C19H23N3O5S. The molecule has 0 heterocycles. The fourth-order valence-corrected chi connectivity index (χ4v) is 3.29. The minimum atomic E-state index is -3.71. The molecule has 2 aromatic carbocycles. The first kappa shape index (κ1) is 21.2. The predicted octanol–water partition coefficient (Wildman–Crippen LogP) is 1.80. The number of amides is 2. The number of sulfonamides is 1. The van der Waals surface area contributed by atoms with Gasteiger partial charge < -0.3 is 15.0 Å². The first-order valence-corrected chi connectivity index (χ1v) is 10.2. The average molecular weight is 405 g/mol. The summed E-state index contributed by atoms with van der Waals surface area (Å²) in [7, 11) is 1.08. The summed E-state index contributed by atoms with van der Waals surface area (Å²) in [6, 6.07) is 12.7. The first-order valence-electron chi connectivity index (χ1n) is 8.35. The third kappa shape index (κ3) is 5.46. The molecule has 9 heteroatoms. The summed E-state index contributed by atoms with van der Waals surface area (Å²) >= 11 is 0. The molecule has 0 saturated carbocycles. The van der Waals surface area contributed by atoms with Crippen LogP contribution in [0.2, 0.25) is 0 Å². The molecule has 8 nitrogen and oxygen atoms in total. The molecule has 0 unspecified atom stereocenters. The molecule has 2 amide bonds. The molecular weight excluding hydrogens is 382 g/mol. The van der Waals surface area contributed by atoms with Gasteiger partial charge in [0.15, 0.2) is 0 Å². The van der Waals surface area contributed by atoms with E-state index in [-0.39, 0.29) is 5.91 Å². The zero-order chi connectivity index (χ0) is 20.9. The van der Waals surface area contributed by atoms with Gasteiger partial charge in [-0.3, -0.25) is 13.9 Å². The number of methoxy groups -OCH3 is 1. The Balaban J connectivity index is 2.17. The fraction of sp³-hybridized carbons (Fsp3) is 0.263. The van der Waals surface area contributed by atoms with Gasteiger partial charge in [-0.25, -0.2) is 8.42 Å². The maximum Gasteiger partial charge on any atom is 0.253 e. The van der Waals surface area contributed by atoms with E-state index in [1.54, 1.807) is 38.4 Å². The topological polar surface area (TPSA) is 96.0 Å². The summed E-state index contributed by atoms with van der Waals surface area (Å²) in [5, 5.41) is 2.65. The summed E-state index contributed by atoms with van der Waals surface area (Å²) in [5.41, 5.74) is 1.23. The van der Waals surface area contributed by atoms with Gasteiger partial charge in [-0.1, -0.05) is 0 Å². The van der Waals surface area contributed by atoms with Crippen molar-refractivity contribution in [1.82, 2.24) is 4.90 Å². The number of carbonyl (C=O) groups excluding carboxylic acids is 2. The van der Waals surface area contributed by atoms with Gasteiger partial charge in [0.2, 0.25) is 15.9 Å². The lowest BCUT2D eigenvalue weighted by Crippen LogP contribution is -2.37. The van der Waals surface area contributed by atoms with Crippen LogP contribution in [0.25, 0.3) is 0 Å². The Morgan fingerprint density at radius 1 is 1.00 bits per heavy atom. The van der Waals surface area contributed by atoms with Gasteiger partial charge in [0, 0.05) is 25.3 Å². The van der Waals surface area contributed by atoms with Gasteiger partial charge >= 0.3 is 0 Å². The number of ether oxygens (including phenoxy) is 1. The van der Waals surface area contributed by atoms with Crippen LogP contribution in [-0.2, 0) is 14.8 Å². The minimum Gasteiger partial charge on any atom is -0.497 e. The quantitative estimate of drug-likeness (QED) is 0.758. The molecule has 0 fully saturated rings. The molecule has 0 aliphatic heterocycles. The number of nitrogens with zero attached hydrogens (tertiary/aromatic N) is 2. The van der Waals surface area contributed by atoms with Crippen LogP contribution in [0.3, 0.4) is 0 Å². The number of rotatable bonds is 7. The molecule has 0 radical (unpaired) electrons. The maximum atomic E-state index is 12.4. The van der Waals surface area contributed by atoms with Crippen molar-refractivity contribution in [2.24, 2.45) is 0 Å². The predicted molar refractivity (Wildman–Crippen MR) is 108 cm³/mol. The summed E-state index contributed by atoms with van der Waals surface area (Å²) in [5.74, 6) is -0.0538. The van der Waals surface area contributed by atoms with Crippen molar-refractivity contribution in [3.05, 3.63) is 54.1 Å². The molecule has 0 saturated heterocycles. The van der Waals surface area contributed by atoms with Crippen LogP contribution in [0.5, 0.6) is 5.75 Å². The molecule has 0 aromatic heterocycles. The molecule has 28 heavy (non-hydrogen) atoms. The molecule has 0 bridgehead atoms. The molecule has 0 aliphatic carbocycles. The van der Waals surface area contributed by atoms with Crippen molar-refractivity contribution < 1.29 is 22.7 Å². The van der Waals surface area contributed by atoms with Crippen molar-refractivity contribution in [3.63, 3.8) is 0 Å². The lowest BCUT2D eigenvalue weighted by molar-refractivity contribution is -0.114. The average Bonchev–Trinajstić information content (AvgIpc) is 2.65. The van der Waals surface area contributed by atoms with E-state index in [4.69, 9.17) is 4.74 Å². The number of anilines is 2. The number of hydrogen-bond donors (Lipinski definition) is 1. The second-order valence-corrected chi connectivity index (χ2v) is 8.20. The van der Waals surface area contributed by atoms with E-state index in [0.29, 0.717) is 22.7 Å². The van der Waals surface area contributed by atoms with Crippen LogP contribution < -0.4 is 14.4 Å². The molecule has 0 spiro atoms. The number of carbonyl (C=O) groups is 2. The fourth-order valence-electron chi connectivity index (χ4n) is 2.43. The summed E-state index contributed by atoms with van der Waals surface area (Å²) in [6.45, 7) is -0.397. The van der Waals surface area contributed by atoms with Gasteiger partial charge in [0.05, 0.1) is 19.1 Å². The third-order valence-corrected chi connectivity index (χ3v) is 5.01. The molecule has 150 valence electrons. The summed E-state index contributed by atoms with van der Waals surface area (Å²) in [6.07, 6.45) is 1.02. The van der Waals surface area contributed by atoms with Crippen molar-refractivity contribution >= 4 is 33.2 Å². The second kappa shape index (κ2) is 8.75. The van der Waals surface area contributed by atoms with E-state index in [2.05, 4.69) is 5.32 Å². The monoisotopic (exact) mass is 405 g/mol. The standard InChI is InChI=1S/C19H23N3O5S/c1-21(2)19(24)14-5-9-16(10-6-14)22(28(4,25)26)13-18(23)20-15-7-11-17(27-3)12-8-15/h5-12H,13H2,1-4H3,(H,20,23). The van der Waals surface area contributed by atoms with E-state index in [9.17, 15) is 18.0 Å². The van der Waals surface area contributed by atoms with Crippen LogP contribution >= 0.6 is 0 Å². The van der Waals surface area contributed by atoms with Crippen LogP contribution in [0.4, 0.5) is 11.4 Å². The van der Waals surface area contributed by atoms with Gasteiger partial charge in [-0.2, -0.15) is 0 Å².